The summed E-state index contributed by atoms with van der Waals surface area (Å²) in [6, 6.07) is 0. The third kappa shape index (κ3) is 30.1. The second kappa shape index (κ2) is 29.5. The van der Waals surface area contributed by atoms with Crippen LogP contribution in [0.25, 0.3) is 0 Å². The van der Waals surface area contributed by atoms with Crippen LogP contribution in [-0.2, 0) is 14.3 Å². The Labute approximate surface area is 228 Å². The van der Waals surface area contributed by atoms with Crippen molar-refractivity contribution >= 4 is 10.1 Å². The van der Waals surface area contributed by atoms with Crippen LogP contribution in [0.4, 0.5) is 0 Å². The van der Waals surface area contributed by atoms with E-state index in [1.807, 2.05) is 0 Å². The summed E-state index contributed by atoms with van der Waals surface area (Å²) >= 11 is 0. The normalized spacial score (nSPS) is 11.9. The highest BCUT2D eigenvalue weighted by atomic mass is 32.2. The van der Waals surface area contributed by atoms with Crippen molar-refractivity contribution in [2.24, 2.45) is 0 Å². The minimum atomic E-state index is -3.31. The number of hydrogen-bond acceptors (Lipinski definition) is 3. The predicted molar refractivity (Wildman–Crippen MR) is 160 cm³/mol. The summed E-state index contributed by atoms with van der Waals surface area (Å²) in [5, 5.41) is 0. The maximum Gasteiger partial charge on any atom is 0.267 e. The zero-order valence-corrected chi connectivity index (χ0v) is 25.7. The van der Waals surface area contributed by atoms with E-state index in [1.165, 1.54) is 148 Å². The first-order chi connectivity index (χ1) is 17.6. The number of unbranched alkanes of at least 4 members (excludes halogenated alkanes) is 26. The van der Waals surface area contributed by atoms with Gasteiger partial charge in [0, 0.05) is 0 Å². The Morgan fingerprint density at radius 1 is 0.361 bits per heavy atom. The van der Waals surface area contributed by atoms with Crippen molar-refractivity contribution in [2.45, 2.75) is 194 Å². The van der Waals surface area contributed by atoms with Gasteiger partial charge in [-0.2, -0.15) is 8.42 Å². The molecule has 0 aliphatic carbocycles. The van der Waals surface area contributed by atoms with E-state index in [9.17, 15) is 8.42 Å². The van der Waals surface area contributed by atoms with Crippen molar-refractivity contribution in [1.29, 1.82) is 0 Å². The Bertz CT molecular complexity index is 504. The van der Waals surface area contributed by atoms with Crippen LogP contribution >= 0.6 is 0 Å². The first-order valence-corrected chi connectivity index (χ1v) is 18.1. The molecule has 218 valence electrons. The van der Waals surface area contributed by atoms with Crippen LogP contribution in [0, 0.1) is 0 Å². The zero-order chi connectivity index (χ0) is 26.4. The standard InChI is InChI=1S/C32H66O3S/c1-3-5-7-9-11-13-15-16-17-18-19-20-21-22-23-25-27-29-31-35-36(33,34)32-30-28-26-24-14-12-10-8-6-4-2/h3-32H2,1-2H3. The fraction of sp³-hybridized carbons (Fsp3) is 1.00. The average molecular weight is 531 g/mol. The average Bonchev–Trinajstić information content (AvgIpc) is 2.86. The Morgan fingerprint density at radius 3 is 0.917 bits per heavy atom. The summed E-state index contributed by atoms with van der Waals surface area (Å²) in [7, 11) is -3.31. The Kier molecular flexibility index (Phi) is 29.4. The van der Waals surface area contributed by atoms with Gasteiger partial charge in [-0.05, 0) is 12.8 Å². The molecule has 0 amide bonds. The highest BCUT2D eigenvalue weighted by Gasteiger charge is 2.10. The largest absolute Gasteiger partial charge is 0.270 e. The molecule has 0 unspecified atom stereocenters. The highest BCUT2D eigenvalue weighted by Crippen LogP contribution is 2.15. The molecule has 0 radical (unpaired) electrons. The smallest absolute Gasteiger partial charge is 0.267 e. The Balaban J connectivity index is 3.26. The van der Waals surface area contributed by atoms with E-state index in [1.54, 1.807) is 0 Å². The summed E-state index contributed by atoms with van der Waals surface area (Å²) in [6.07, 6.45) is 36.4. The van der Waals surface area contributed by atoms with Crippen LogP contribution in [0.5, 0.6) is 0 Å². The van der Waals surface area contributed by atoms with E-state index in [0.717, 1.165) is 32.1 Å². The second-order valence-corrected chi connectivity index (χ2v) is 13.0. The first-order valence-electron chi connectivity index (χ1n) is 16.5. The van der Waals surface area contributed by atoms with Gasteiger partial charge in [-0.3, -0.25) is 4.18 Å². The monoisotopic (exact) mass is 530 g/mol. The molecule has 0 rings (SSSR count). The van der Waals surface area contributed by atoms with Crippen molar-refractivity contribution < 1.29 is 12.6 Å². The maximum absolute atomic E-state index is 12.0. The molecule has 0 N–H and O–H groups in total. The highest BCUT2D eigenvalue weighted by molar-refractivity contribution is 7.86. The molecular formula is C32H66O3S. The zero-order valence-electron chi connectivity index (χ0n) is 24.8. The molecule has 0 aromatic rings. The van der Waals surface area contributed by atoms with E-state index in [0.29, 0.717) is 6.61 Å². The summed E-state index contributed by atoms with van der Waals surface area (Å²) in [5.74, 6) is 0.197. The molecule has 0 aromatic heterocycles. The van der Waals surface area contributed by atoms with E-state index in [4.69, 9.17) is 4.18 Å². The first kappa shape index (κ1) is 35.9. The van der Waals surface area contributed by atoms with Crippen LogP contribution in [0.2, 0.25) is 0 Å². The van der Waals surface area contributed by atoms with Crippen molar-refractivity contribution in [3.63, 3.8) is 0 Å². The van der Waals surface area contributed by atoms with Gasteiger partial charge in [-0.1, -0.05) is 181 Å². The molecule has 0 atom stereocenters. The van der Waals surface area contributed by atoms with Gasteiger partial charge in [0.1, 0.15) is 0 Å². The van der Waals surface area contributed by atoms with Gasteiger partial charge in [0.25, 0.3) is 10.1 Å². The number of rotatable bonds is 31. The predicted octanol–water partition coefficient (Wildman–Crippen LogP) is 11.3. The topological polar surface area (TPSA) is 43.4 Å². The van der Waals surface area contributed by atoms with Crippen LogP contribution < -0.4 is 0 Å². The second-order valence-electron chi connectivity index (χ2n) is 11.3. The minimum Gasteiger partial charge on any atom is -0.270 e. The lowest BCUT2D eigenvalue weighted by Gasteiger charge is -2.06. The molecule has 3 nitrogen and oxygen atoms in total. The van der Waals surface area contributed by atoms with E-state index < -0.39 is 10.1 Å². The van der Waals surface area contributed by atoms with Crippen LogP contribution in [0.1, 0.15) is 194 Å². The number of hydrogen-bond donors (Lipinski definition) is 0. The van der Waals surface area contributed by atoms with Gasteiger partial charge in [0.15, 0.2) is 0 Å². The molecule has 0 aliphatic heterocycles. The van der Waals surface area contributed by atoms with Crippen molar-refractivity contribution in [1.82, 2.24) is 0 Å². The third-order valence-electron chi connectivity index (χ3n) is 7.51. The van der Waals surface area contributed by atoms with Crippen molar-refractivity contribution in [2.75, 3.05) is 12.4 Å². The lowest BCUT2D eigenvalue weighted by molar-refractivity contribution is 0.305. The van der Waals surface area contributed by atoms with Crippen molar-refractivity contribution in [3.8, 4) is 0 Å². The fourth-order valence-corrected chi connectivity index (χ4v) is 6.06. The summed E-state index contributed by atoms with van der Waals surface area (Å²) < 4.78 is 29.3. The lowest BCUT2D eigenvalue weighted by Crippen LogP contribution is -2.11. The van der Waals surface area contributed by atoms with Gasteiger partial charge in [-0.25, -0.2) is 0 Å². The molecule has 4 heteroatoms. The minimum absolute atomic E-state index is 0.197. The molecule has 36 heavy (non-hydrogen) atoms. The van der Waals surface area contributed by atoms with Crippen LogP contribution in [0.3, 0.4) is 0 Å². The molecule has 0 saturated heterocycles. The Hall–Kier alpha value is -0.0900. The van der Waals surface area contributed by atoms with Gasteiger partial charge in [0.05, 0.1) is 12.4 Å². The SMILES string of the molecule is CCCCCCCCCCCCCCCCCCCCOS(=O)(=O)CCCCCCCCCCCC. The van der Waals surface area contributed by atoms with E-state index in [-0.39, 0.29) is 5.75 Å². The molecule has 0 heterocycles. The molecule has 0 bridgehead atoms. The van der Waals surface area contributed by atoms with Gasteiger partial charge >= 0.3 is 0 Å². The maximum atomic E-state index is 12.0. The fourth-order valence-electron chi connectivity index (χ4n) is 5.01. The quantitative estimate of drug-likeness (QED) is 0.0661. The molecule has 0 spiro atoms. The van der Waals surface area contributed by atoms with E-state index >= 15 is 0 Å². The molecule has 0 fully saturated rings. The molecule has 0 aromatic carbocycles. The Morgan fingerprint density at radius 2 is 0.611 bits per heavy atom. The molecule has 0 saturated carbocycles. The summed E-state index contributed by atoms with van der Waals surface area (Å²) in [5.41, 5.74) is 0. The van der Waals surface area contributed by atoms with Crippen molar-refractivity contribution in [3.05, 3.63) is 0 Å². The third-order valence-corrected chi connectivity index (χ3v) is 8.82. The lowest BCUT2D eigenvalue weighted by atomic mass is 10.0. The van der Waals surface area contributed by atoms with Crippen LogP contribution in [-0.4, -0.2) is 20.8 Å². The van der Waals surface area contributed by atoms with Gasteiger partial charge < -0.3 is 0 Å². The van der Waals surface area contributed by atoms with Gasteiger partial charge in [-0.15, -0.1) is 0 Å². The van der Waals surface area contributed by atoms with Gasteiger partial charge in [0.2, 0.25) is 0 Å². The summed E-state index contributed by atoms with van der Waals surface area (Å²) in [6.45, 7) is 4.91. The van der Waals surface area contributed by atoms with Crippen LogP contribution in [0.15, 0.2) is 0 Å². The molecule has 0 aliphatic rings. The molecular weight excluding hydrogens is 464 g/mol. The van der Waals surface area contributed by atoms with E-state index in [2.05, 4.69) is 13.8 Å². The summed E-state index contributed by atoms with van der Waals surface area (Å²) in [4.78, 5) is 0.